The third-order valence-corrected chi connectivity index (χ3v) is 4.71. The number of ether oxygens (including phenoxy) is 2. The van der Waals surface area contributed by atoms with Crippen LogP contribution in [-0.2, 0) is 9.47 Å². The predicted octanol–water partition coefficient (Wildman–Crippen LogP) is 4.63. The Morgan fingerprint density at radius 2 is 1.82 bits per heavy atom. The molecule has 1 amide bonds. The van der Waals surface area contributed by atoms with E-state index in [0.717, 1.165) is 16.0 Å². The van der Waals surface area contributed by atoms with Crippen molar-refractivity contribution in [3.63, 3.8) is 0 Å². The number of hydrogen-bond donors (Lipinski definition) is 2. The number of hydrogen-bond acceptors (Lipinski definition) is 6. The van der Waals surface area contributed by atoms with Crippen LogP contribution in [0.2, 0.25) is 0 Å². The number of anilines is 1. The first-order valence-corrected chi connectivity index (χ1v) is 10.7. The number of H-pyrrole nitrogens is 1. The number of nitrogens with zero attached hydrogens (tertiary/aromatic N) is 2. The second-order valence-corrected chi connectivity index (χ2v) is 7.17. The monoisotopic (exact) mass is 464 g/mol. The second-order valence-electron chi connectivity index (χ2n) is 6.75. The Balaban J connectivity index is 2.02. The summed E-state index contributed by atoms with van der Waals surface area (Å²) in [6.45, 7) is 3.62. The van der Waals surface area contributed by atoms with Crippen LogP contribution in [0, 0.1) is 0 Å². The van der Waals surface area contributed by atoms with Gasteiger partial charge >= 0.3 is 12.1 Å². The van der Waals surface area contributed by atoms with Crippen molar-refractivity contribution in [1.29, 1.82) is 0 Å². The smallest absolute Gasteiger partial charge is 0.421 e. The highest BCUT2D eigenvalue weighted by Gasteiger charge is 2.29. The van der Waals surface area contributed by atoms with Crippen molar-refractivity contribution < 1.29 is 19.1 Å². The van der Waals surface area contributed by atoms with Gasteiger partial charge in [-0.25, -0.2) is 14.5 Å². The molecule has 0 fully saturated rings. The fourth-order valence-electron chi connectivity index (χ4n) is 3.07. The number of amides is 1. The van der Waals surface area contributed by atoms with Crippen LogP contribution in [0.4, 0.5) is 10.6 Å². The Morgan fingerprint density at radius 1 is 1.09 bits per heavy atom. The lowest BCUT2D eigenvalue weighted by Gasteiger charge is -2.19. The van der Waals surface area contributed by atoms with E-state index in [-0.39, 0.29) is 29.7 Å². The molecule has 3 rings (SSSR count). The number of rotatable bonds is 7. The maximum Gasteiger partial charge on any atom is 0.421 e. The summed E-state index contributed by atoms with van der Waals surface area (Å²) in [5, 5.41) is -0.270. The summed E-state index contributed by atoms with van der Waals surface area (Å²) < 4.78 is 10.2. The quantitative estimate of drug-likeness (QED) is 0.387. The normalized spacial score (nSPS) is 10.7. The maximum atomic E-state index is 12.6. The van der Waals surface area contributed by atoms with Gasteiger partial charge in [-0.05, 0) is 55.9 Å². The number of thiocarbonyl (C=S) groups is 1. The van der Waals surface area contributed by atoms with Crippen LogP contribution in [-0.4, -0.2) is 40.4 Å². The average molecular weight is 465 g/mol. The molecule has 9 heteroatoms. The zero-order valence-corrected chi connectivity index (χ0v) is 19.1. The van der Waals surface area contributed by atoms with Crippen molar-refractivity contribution in [1.82, 2.24) is 9.97 Å². The minimum Gasteiger partial charge on any atom is -0.462 e. The summed E-state index contributed by atoms with van der Waals surface area (Å²) in [4.78, 5) is 33.5. The van der Waals surface area contributed by atoms with Gasteiger partial charge in [0.1, 0.15) is 11.4 Å². The molecule has 0 bridgehead atoms. The molecule has 0 spiro atoms. The van der Waals surface area contributed by atoms with Gasteiger partial charge in [-0.15, -0.1) is 0 Å². The minimum absolute atomic E-state index is 0.0765. The van der Waals surface area contributed by atoms with E-state index in [1.54, 1.807) is 32.2 Å². The summed E-state index contributed by atoms with van der Waals surface area (Å²) in [5.41, 5.74) is 8.92. The van der Waals surface area contributed by atoms with E-state index >= 15 is 0 Å². The minimum atomic E-state index is -0.801. The van der Waals surface area contributed by atoms with Crippen LogP contribution in [0.3, 0.4) is 0 Å². The highest BCUT2D eigenvalue weighted by atomic mass is 32.1. The highest BCUT2D eigenvalue weighted by Crippen LogP contribution is 2.29. The Hall–Kier alpha value is -3.98. The Morgan fingerprint density at radius 3 is 2.48 bits per heavy atom. The fourth-order valence-corrected chi connectivity index (χ4v) is 3.24. The Kier molecular flexibility index (Phi) is 7.93. The van der Waals surface area contributed by atoms with Gasteiger partial charge < -0.3 is 20.2 Å². The molecule has 0 radical (unpaired) electrons. The van der Waals surface area contributed by atoms with Crippen molar-refractivity contribution in [3.05, 3.63) is 71.5 Å². The van der Waals surface area contributed by atoms with Crippen molar-refractivity contribution in [2.75, 3.05) is 18.1 Å². The summed E-state index contributed by atoms with van der Waals surface area (Å²) in [7, 11) is 0. The molecule has 0 atom stereocenters. The van der Waals surface area contributed by atoms with E-state index in [1.165, 1.54) is 0 Å². The number of aromatic nitrogens is 2. The van der Waals surface area contributed by atoms with Gasteiger partial charge in [-0.2, -0.15) is 0 Å². The summed E-state index contributed by atoms with van der Waals surface area (Å²) in [6.07, 6.45) is 4.69. The van der Waals surface area contributed by atoms with Crippen LogP contribution in [0.25, 0.3) is 23.4 Å². The molecular weight excluding hydrogens is 440 g/mol. The number of aromatic amines is 1. The molecule has 3 N–H and O–H groups in total. The van der Waals surface area contributed by atoms with Gasteiger partial charge in [-0.3, -0.25) is 4.98 Å². The molecule has 0 aliphatic carbocycles. The number of carbonyl (C=O) groups excluding carboxylic acids is 2. The van der Waals surface area contributed by atoms with Gasteiger partial charge in [0, 0.05) is 17.5 Å². The van der Waals surface area contributed by atoms with Gasteiger partial charge in [0.25, 0.3) is 0 Å². The molecule has 0 unspecified atom stereocenters. The van der Waals surface area contributed by atoms with Crippen molar-refractivity contribution in [2.24, 2.45) is 5.73 Å². The third kappa shape index (κ3) is 5.83. The molecule has 0 saturated carbocycles. The summed E-state index contributed by atoms with van der Waals surface area (Å²) in [5.74, 6) is -0.550. The lowest BCUT2D eigenvalue weighted by Crippen LogP contribution is -2.42. The molecule has 170 valence electrons. The topological polar surface area (TPSA) is 111 Å². The molecule has 1 aromatic carbocycles. The third-order valence-electron chi connectivity index (χ3n) is 4.52. The van der Waals surface area contributed by atoms with E-state index in [0.29, 0.717) is 11.4 Å². The molecule has 2 heterocycles. The lowest BCUT2D eigenvalue weighted by molar-refractivity contribution is 0.0527. The Bertz CT molecular complexity index is 1170. The lowest BCUT2D eigenvalue weighted by atomic mass is 10.1. The van der Waals surface area contributed by atoms with Gasteiger partial charge in [-0.1, -0.05) is 36.4 Å². The van der Waals surface area contributed by atoms with Crippen LogP contribution in [0.1, 0.15) is 35.5 Å². The van der Waals surface area contributed by atoms with Crippen LogP contribution >= 0.6 is 12.2 Å². The van der Waals surface area contributed by atoms with Crippen LogP contribution in [0.5, 0.6) is 0 Å². The second kappa shape index (κ2) is 11.1. The van der Waals surface area contributed by atoms with E-state index < -0.39 is 12.1 Å². The molecule has 0 aliphatic rings. The molecule has 3 aromatic rings. The highest BCUT2D eigenvalue weighted by molar-refractivity contribution is 7.80. The van der Waals surface area contributed by atoms with Gasteiger partial charge in [0.2, 0.25) is 0 Å². The van der Waals surface area contributed by atoms with Crippen molar-refractivity contribution in [3.8, 4) is 11.3 Å². The number of esters is 1. The first-order chi connectivity index (χ1) is 15.9. The SMILES string of the molecule is CCOC(=O)c1cc(-c2ccnc(/C=C/c3ccccc3)c2)[nH]c1N(C(=O)OCC)C(N)=S. The predicted molar refractivity (Wildman–Crippen MR) is 132 cm³/mol. The molecule has 8 nitrogen and oxygen atoms in total. The maximum absolute atomic E-state index is 12.6. The standard InChI is InChI=1S/C24H24N4O4S/c1-3-31-22(29)19-15-20(27-21(19)28(23(25)33)24(30)32-4-2)17-12-13-26-18(14-17)11-10-16-8-6-5-7-9-16/h5-15,27H,3-4H2,1-2H3,(H2,25,33)/b11-10+. The van der Waals surface area contributed by atoms with Gasteiger partial charge in [0.05, 0.1) is 18.9 Å². The number of nitrogens with two attached hydrogens (primary N) is 1. The molecule has 0 aliphatic heterocycles. The molecule has 0 saturated heterocycles. The molecular formula is C24H24N4O4S. The molecule has 2 aromatic heterocycles. The largest absolute Gasteiger partial charge is 0.462 e. The molecule has 33 heavy (non-hydrogen) atoms. The van der Waals surface area contributed by atoms with E-state index in [2.05, 4.69) is 9.97 Å². The summed E-state index contributed by atoms with van der Waals surface area (Å²) in [6, 6.07) is 15.0. The number of nitrogens with one attached hydrogen (secondary N) is 1. The van der Waals surface area contributed by atoms with Crippen LogP contribution < -0.4 is 10.6 Å². The first-order valence-electron chi connectivity index (χ1n) is 10.3. The zero-order valence-electron chi connectivity index (χ0n) is 18.3. The van der Waals surface area contributed by atoms with E-state index in [1.807, 2.05) is 48.6 Å². The zero-order chi connectivity index (χ0) is 23.8. The van der Waals surface area contributed by atoms with E-state index in [9.17, 15) is 9.59 Å². The van der Waals surface area contributed by atoms with E-state index in [4.69, 9.17) is 27.4 Å². The van der Waals surface area contributed by atoms with Crippen LogP contribution in [0.15, 0.2) is 54.7 Å². The van der Waals surface area contributed by atoms with Crippen molar-refractivity contribution >= 4 is 47.4 Å². The fraction of sp³-hybridized carbons (Fsp3) is 0.167. The first kappa shape index (κ1) is 23.7. The van der Waals surface area contributed by atoms with Crippen molar-refractivity contribution in [2.45, 2.75) is 13.8 Å². The number of benzene rings is 1. The average Bonchev–Trinajstić information content (AvgIpc) is 3.24. The number of pyridine rings is 1. The van der Waals surface area contributed by atoms with Gasteiger partial charge in [0.15, 0.2) is 5.11 Å². The summed E-state index contributed by atoms with van der Waals surface area (Å²) >= 11 is 5.04. The number of carbonyl (C=O) groups is 2. The Labute approximate surface area is 197 Å².